The van der Waals surface area contributed by atoms with Crippen molar-refractivity contribution in [3.05, 3.63) is 58.9 Å². The summed E-state index contributed by atoms with van der Waals surface area (Å²) in [5, 5.41) is 4.09. The van der Waals surface area contributed by atoms with Crippen LogP contribution in [0.15, 0.2) is 52.1 Å². The minimum absolute atomic E-state index is 0.212. The highest BCUT2D eigenvalue weighted by atomic mass is 35.5. The molecule has 1 heterocycles. The van der Waals surface area contributed by atoms with Crippen molar-refractivity contribution in [1.82, 2.24) is 10.2 Å². The van der Waals surface area contributed by atoms with E-state index in [1.165, 1.54) is 0 Å². The van der Waals surface area contributed by atoms with Crippen LogP contribution in [0.2, 0.25) is 5.02 Å². The Bertz CT molecular complexity index is 683. The van der Waals surface area contributed by atoms with Gasteiger partial charge < -0.3 is 14.6 Å². The molecule has 1 N–H and O–H groups in total. The molecule has 1 aromatic carbocycles. The summed E-state index contributed by atoms with van der Waals surface area (Å²) in [5.74, 6) is 1.45. The van der Waals surface area contributed by atoms with E-state index in [1.807, 2.05) is 26.2 Å². The van der Waals surface area contributed by atoms with Gasteiger partial charge in [0.25, 0.3) is 5.91 Å². The highest BCUT2D eigenvalue weighted by molar-refractivity contribution is 7.99. The minimum Gasteiger partial charge on any atom is -0.450 e. The van der Waals surface area contributed by atoms with Crippen molar-refractivity contribution in [1.29, 1.82) is 0 Å². The predicted molar refractivity (Wildman–Crippen MR) is 95.9 cm³/mol. The molecule has 0 saturated heterocycles. The third-order valence-corrected chi connectivity index (χ3v) is 4.06. The van der Waals surface area contributed by atoms with Crippen molar-refractivity contribution in [2.75, 3.05) is 26.4 Å². The van der Waals surface area contributed by atoms with Gasteiger partial charge in [0.05, 0.1) is 0 Å². The van der Waals surface area contributed by atoms with Crippen molar-refractivity contribution in [2.24, 2.45) is 0 Å². The first-order chi connectivity index (χ1) is 11.0. The van der Waals surface area contributed by atoms with Crippen LogP contribution >= 0.6 is 23.4 Å². The summed E-state index contributed by atoms with van der Waals surface area (Å²) >= 11 is 7.53. The van der Waals surface area contributed by atoms with E-state index in [-0.39, 0.29) is 5.91 Å². The van der Waals surface area contributed by atoms with E-state index in [0.29, 0.717) is 16.3 Å². The molecule has 1 aromatic heterocycles. The Hall–Kier alpha value is -1.69. The Morgan fingerprint density at radius 3 is 2.91 bits per heavy atom. The van der Waals surface area contributed by atoms with Gasteiger partial charge >= 0.3 is 0 Å². The lowest BCUT2D eigenvalue weighted by molar-refractivity contribution is 0.0970. The van der Waals surface area contributed by atoms with Gasteiger partial charge in [-0.1, -0.05) is 29.4 Å². The van der Waals surface area contributed by atoms with Gasteiger partial charge in [0.2, 0.25) is 0 Å². The topological polar surface area (TPSA) is 45.5 Å². The minimum atomic E-state index is -0.212. The summed E-state index contributed by atoms with van der Waals surface area (Å²) in [6.07, 6.45) is 3.29. The smallest absolute Gasteiger partial charge is 0.255 e. The molecule has 2 rings (SSSR count). The normalized spacial score (nSPS) is 11.3. The van der Waals surface area contributed by atoms with Crippen molar-refractivity contribution in [3.63, 3.8) is 0 Å². The summed E-state index contributed by atoms with van der Waals surface area (Å²) in [6, 6.07) is 10.6. The third-order valence-electron chi connectivity index (χ3n) is 2.93. The molecule has 0 spiro atoms. The monoisotopic (exact) mass is 350 g/mol. The fraction of sp³-hybridized carbons (Fsp3) is 0.235. The maximum Gasteiger partial charge on any atom is 0.255 e. The molecular weight excluding hydrogens is 332 g/mol. The van der Waals surface area contributed by atoms with E-state index < -0.39 is 0 Å². The van der Waals surface area contributed by atoms with Crippen LogP contribution in [0.1, 0.15) is 16.1 Å². The number of furan rings is 1. The number of thioether (sulfide) groups is 1. The lowest BCUT2D eigenvalue weighted by Gasteiger charge is -2.06. The first kappa shape index (κ1) is 17.7. The fourth-order valence-corrected chi connectivity index (χ4v) is 2.91. The SMILES string of the molecule is CN(C)CCSc1ccc(/C=C/NC(=O)c2cccc(Cl)c2)o1. The zero-order valence-corrected chi connectivity index (χ0v) is 14.7. The van der Waals surface area contributed by atoms with Crippen LogP contribution in [-0.4, -0.2) is 37.2 Å². The van der Waals surface area contributed by atoms with E-state index in [0.717, 1.165) is 17.4 Å². The Balaban J connectivity index is 1.84. The van der Waals surface area contributed by atoms with Gasteiger partial charge in [-0.2, -0.15) is 0 Å². The van der Waals surface area contributed by atoms with E-state index in [4.69, 9.17) is 16.0 Å². The molecule has 6 heteroatoms. The lowest BCUT2D eigenvalue weighted by atomic mass is 10.2. The van der Waals surface area contributed by atoms with Crippen LogP contribution < -0.4 is 5.32 Å². The van der Waals surface area contributed by atoms with Gasteiger partial charge in [-0.25, -0.2) is 0 Å². The van der Waals surface area contributed by atoms with E-state index >= 15 is 0 Å². The molecule has 1 amide bonds. The first-order valence-corrected chi connectivity index (χ1v) is 8.51. The number of amides is 1. The van der Waals surface area contributed by atoms with Gasteiger partial charge in [0.15, 0.2) is 5.09 Å². The third kappa shape index (κ3) is 6.14. The fourth-order valence-electron chi connectivity index (χ4n) is 1.74. The van der Waals surface area contributed by atoms with E-state index in [1.54, 1.807) is 48.3 Å². The summed E-state index contributed by atoms with van der Waals surface area (Å²) < 4.78 is 5.66. The van der Waals surface area contributed by atoms with E-state index in [2.05, 4.69) is 10.2 Å². The maximum atomic E-state index is 11.9. The first-order valence-electron chi connectivity index (χ1n) is 7.15. The molecule has 0 radical (unpaired) electrons. The predicted octanol–water partition coefficient (Wildman–Crippen LogP) is 3.99. The van der Waals surface area contributed by atoms with Crippen molar-refractivity contribution < 1.29 is 9.21 Å². The summed E-state index contributed by atoms with van der Waals surface area (Å²) in [5.41, 5.74) is 0.515. The second-order valence-corrected chi connectivity index (χ2v) is 6.66. The van der Waals surface area contributed by atoms with Crippen LogP contribution in [-0.2, 0) is 0 Å². The quantitative estimate of drug-likeness (QED) is 0.767. The number of hydrogen-bond acceptors (Lipinski definition) is 4. The molecule has 0 saturated carbocycles. The summed E-state index contributed by atoms with van der Waals surface area (Å²) in [6.45, 7) is 0.992. The van der Waals surface area contributed by atoms with Crippen LogP contribution in [0.25, 0.3) is 6.08 Å². The molecule has 0 unspecified atom stereocenters. The Morgan fingerprint density at radius 1 is 1.35 bits per heavy atom. The largest absolute Gasteiger partial charge is 0.450 e. The standard InChI is InChI=1S/C17H19ClN2O2S/c1-20(2)10-11-23-16-7-6-15(22-16)8-9-19-17(21)13-4-3-5-14(18)12-13/h3-9,12H,10-11H2,1-2H3,(H,19,21)/b9-8+. The van der Waals surface area contributed by atoms with Gasteiger partial charge in [0, 0.05) is 29.1 Å². The van der Waals surface area contributed by atoms with E-state index in [9.17, 15) is 4.79 Å². The molecule has 122 valence electrons. The molecule has 0 atom stereocenters. The number of nitrogens with one attached hydrogen (secondary N) is 1. The molecule has 4 nitrogen and oxygen atoms in total. The molecular formula is C17H19ClN2O2S. The van der Waals surface area contributed by atoms with Gasteiger partial charge in [-0.05, 0) is 50.5 Å². The molecule has 0 bridgehead atoms. The number of rotatable bonds is 7. The Labute approximate surface area is 145 Å². The molecule has 0 aliphatic heterocycles. The zero-order valence-electron chi connectivity index (χ0n) is 13.1. The highest BCUT2D eigenvalue weighted by Gasteiger charge is 2.04. The average molecular weight is 351 g/mol. The zero-order chi connectivity index (χ0) is 16.7. The number of hydrogen-bond donors (Lipinski definition) is 1. The number of carbonyl (C=O) groups excluding carboxylic acids is 1. The number of nitrogens with zero attached hydrogens (tertiary/aromatic N) is 1. The Kier molecular flexibility index (Phi) is 6.77. The Morgan fingerprint density at radius 2 is 2.17 bits per heavy atom. The molecule has 23 heavy (non-hydrogen) atoms. The maximum absolute atomic E-state index is 11.9. The van der Waals surface area contributed by atoms with Crippen LogP contribution in [0.3, 0.4) is 0 Å². The number of halogens is 1. The number of benzene rings is 1. The molecule has 2 aromatic rings. The lowest BCUT2D eigenvalue weighted by Crippen LogP contribution is -2.16. The van der Waals surface area contributed by atoms with Crippen molar-refractivity contribution >= 4 is 35.3 Å². The van der Waals surface area contributed by atoms with Gasteiger partial charge in [-0.15, -0.1) is 0 Å². The second kappa shape index (κ2) is 8.82. The molecule has 0 aliphatic rings. The molecule has 0 fully saturated rings. The average Bonchev–Trinajstić information content (AvgIpc) is 2.94. The van der Waals surface area contributed by atoms with Crippen molar-refractivity contribution in [3.8, 4) is 0 Å². The summed E-state index contributed by atoms with van der Waals surface area (Å²) in [4.78, 5) is 14.1. The summed E-state index contributed by atoms with van der Waals surface area (Å²) in [7, 11) is 4.08. The van der Waals surface area contributed by atoms with Gasteiger partial charge in [-0.3, -0.25) is 4.79 Å². The number of carbonyl (C=O) groups is 1. The van der Waals surface area contributed by atoms with Crippen LogP contribution in [0.5, 0.6) is 0 Å². The van der Waals surface area contributed by atoms with Crippen molar-refractivity contribution in [2.45, 2.75) is 5.09 Å². The van der Waals surface area contributed by atoms with Crippen LogP contribution in [0, 0.1) is 0 Å². The van der Waals surface area contributed by atoms with Crippen LogP contribution in [0.4, 0.5) is 0 Å². The molecule has 0 aliphatic carbocycles. The van der Waals surface area contributed by atoms with Gasteiger partial charge in [0.1, 0.15) is 5.76 Å². The second-order valence-electron chi connectivity index (χ2n) is 5.13. The highest BCUT2D eigenvalue weighted by Crippen LogP contribution is 2.21.